The standard InChI is InChI=1S/C20H20FN3O2S/c1-26-15-7-5-13(6-8-15)9-10-22-19(25)14-11-24(12-14)20-23-18-16(21)3-2-4-17(18)27-20/h2-8,14H,9-12H2,1H3,(H,22,25). The first kappa shape index (κ1) is 17.7. The number of rotatable bonds is 6. The molecule has 7 heteroatoms. The molecule has 3 aromatic rings. The van der Waals surface area contributed by atoms with Crippen molar-refractivity contribution in [1.82, 2.24) is 10.3 Å². The molecule has 2 aromatic carbocycles. The lowest BCUT2D eigenvalue weighted by molar-refractivity contribution is -0.125. The molecule has 1 N–H and O–H groups in total. The number of carbonyl (C=O) groups is 1. The number of methoxy groups -OCH3 is 1. The van der Waals surface area contributed by atoms with Gasteiger partial charge in [-0.25, -0.2) is 9.37 Å². The number of fused-ring (bicyclic) bond motifs is 1. The molecule has 0 radical (unpaired) electrons. The minimum atomic E-state index is -0.302. The summed E-state index contributed by atoms with van der Waals surface area (Å²) in [7, 11) is 1.64. The Bertz CT molecular complexity index is 952. The highest BCUT2D eigenvalue weighted by atomic mass is 32.1. The fourth-order valence-electron chi connectivity index (χ4n) is 3.11. The van der Waals surface area contributed by atoms with Gasteiger partial charge in [0, 0.05) is 19.6 Å². The van der Waals surface area contributed by atoms with Crippen molar-refractivity contribution in [2.45, 2.75) is 6.42 Å². The van der Waals surface area contributed by atoms with Crippen molar-refractivity contribution in [3.05, 3.63) is 53.8 Å². The number of carbonyl (C=O) groups excluding carboxylic acids is 1. The van der Waals surface area contributed by atoms with Gasteiger partial charge in [-0.2, -0.15) is 0 Å². The number of para-hydroxylation sites is 1. The normalized spacial score (nSPS) is 14.2. The maximum Gasteiger partial charge on any atom is 0.226 e. The van der Waals surface area contributed by atoms with Crippen LogP contribution in [0.1, 0.15) is 5.56 Å². The van der Waals surface area contributed by atoms with E-state index in [9.17, 15) is 9.18 Å². The Morgan fingerprint density at radius 2 is 2.07 bits per heavy atom. The van der Waals surface area contributed by atoms with Crippen molar-refractivity contribution in [2.24, 2.45) is 5.92 Å². The molecule has 4 rings (SSSR count). The third kappa shape index (κ3) is 3.73. The SMILES string of the molecule is COc1ccc(CCNC(=O)C2CN(c3nc4c(F)cccc4s3)C2)cc1. The molecule has 140 valence electrons. The second kappa shape index (κ2) is 7.52. The summed E-state index contributed by atoms with van der Waals surface area (Å²) < 4.78 is 19.7. The van der Waals surface area contributed by atoms with Gasteiger partial charge in [-0.15, -0.1) is 0 Å². The van der Waals surface area contributed by atoms with Crippen molar-refractivity contribution >= 4 is 32.6 Å². The van der Waals surface area contributed by atoms with Crippen LogP contribution in [0.4, 0.5) is 9.52 Å². The van der Waals surface area contributed by atoms with E-state index in [1.807, 2.05) is 35.2 Å². The van der Waals surface area contributed by atoms with Gasteiger partial charge in [0.15, 0.2) is 5.13 Å². The van der Waals surface area contributed by atoms with Crippen LogP contribution < -0.4 is 15.0 Å². The number of aromatic nitrogens is 1. The van der Waals surface area contributed by atoms with Gasteiger partial charge in [-0.3, -0.25) is 4.79 Å². The zero-order valence-corrected chi connectivity index (χ0v) is 15.8. The number of hydrogen-bond donors (Lipinski definition) is 1. The van der Waals surface area contributed by atoms with E-state index in [0.29, 0.717) is 25.2 Å². The molecule has 0 saturated carbocycles. The number of ether oxygens (including phenoxy) is 1. The highest BCUT2D eigenvalue weighted by Crippen LogP contribution is 2.33. The van der Waals surface area contributed by atoms with Gasteiger partial charge in [-0.05, 0) is 36.2 Å². The molecule has 0 unspecified atom stereocenters. The Morgan fingerprint density at radius 3 is 2.78 bits per heavy atom. The lowest BCUT2D eigenvalue weighted by atomic mass is 10.00. The Kier molecular flexibility index (Phi) is 4.94. The molecule has 0 aliphatic carbocycles. The average molecular weight is 385 g/mol. The fourth-order valence-corrected chi connectivity index (χ4v) is 4.10. The Labute approximate surface area is 160 Å². The summed E-state index contributed by atoms with van der Waals surface area (Å²) in [6, 6.07) is 12.8. The van der Waals surface area contributed by atoms with Crippen LogP contribution in [-0.4, -0.2) is 37.6 Å². The van der Waals surface area contributed by atoms with Gasteiger partial charge in [0.25, 0.3) is 0 Å². The van der Waals surface area contributed by atoms with Crippen molar-refractivity contribution in [3.8, 4) is 5.75 Å². The quantitative estimate of drug-likeness (QED) is 0.708. The van der Waals surface area contributed by atoms with Crippen LogP contribution in [0.2, 0.25) is 0 Å². The second-order valence-electron chi connectivity index (χ2n) is 6.57. The van der Waals surface area contributed by atoms with E-state index in [-0.39, 0.29) is 17.6 Å². The Morgan fingerprint density at radius 1 is 1.30 bits per heavy atom. The molecule has 5 nitrogen and oxygen atoms in total. The predicted octanol–water partition coefficient (Wildman–Crippen LogP) is 3.24. The average Bonchev–Trinajstić information content (AvgIpc) is 3.06. The van der Waals surface area contributed by atoms with E-state index in [1.165, 1.54) is 17.4 Å². The molecule has 27 heavy (non-hydrogen) atoms. The number of nitrogens with one attached hydrogen (secondary N) is 1. The third-order valence-corrected chi connectivity index (χ3v) is 5.83. The van der Waals surface area contributed by atoms with Gasteiger partial charge in [-0.1, -0.05) is 29.5 Å². The highest BCUT2D eigenvalue weighted by Gasteiger charge is 2.34. The first-order valence-electron chi connectivity index (χ1n) is 8.84. The van der Waals surface area contributed by atoms with Gasteiger partial charge < -0.3 is 15.0 Å². The topological polar surface area (TPSA) is 54.5 Å². The molecule has 0 bridgehead atoms. The molecule has 0 spiro atoms. The van der Waals surface area contributed by atoms with Crippen molar-refractivity contribution in [2.75, 3.05) is 31.6 Å². The number of thiazole rings is 1. The van der Waals surface area contributed by atoms with E-state index in [4.69, 9.17) is 4.74 Å². The van der Waals surface area contributed by atoms with Gasteiger partial charge >= 0.3 is 0 Å². The summed E-state index contributed by atoms with van der Waals surface area (Å²) in [4.78, 5) is 18.7. The van der Waals surface area contributed by atoms with E-state index in [0.717, 1.165) is 27.6 Å². The molecular weight excluding hydrogens is 365 g/mol. The molecule has 1 aliphatic heterocycles. The van der Waals surface area contributed by atoms with Crippen molar-refractivity contribution < 1.29 is 13.9 Å². The van der Waals surface area contributed by atoms with Crippen molar-refractivity contribution in [1.29, 1.82) is 0 Å². The van der Waals surface area contributed by atoms with Crippen LogP contribution in [-0.2, 0) is 11.2 Å². The summed E-state index contributed by atoms with van der Waals surface area (Å²) in [5.74, 6) is 0.542. The van der Waals surface area contributed by atoms with Crippen LogP contribution in [0.15, 0.2) is 42.5 Å². The van der Waals surface area contributed by atoms with Gasteiger partial charge in [0.1, 0.15) is 17.1 Å². The number of benzene rings is 2. The summed E-state index contributed by atoms with van der Waals surface area (Å²) >= 11 is 1.46. The molecule has 1 fully saturated rings. The van der Waals surface area contributed by atoms with Crippen LogP contribution in [0.3, 0.4) is 0 Å². The zero-order valence-electron chi connectivity index (χ0n) is 14.9. The minimum absolute atomic E-state index is 0.0438. The number of amides is 1. The smallest absolute Gasteiger partial charge is 0.226 e. The van der Waals surface area contributed by atoms with Crippen LogP contribution >= 0.6 is 11.3 Å². The first-order chi connectivity index (χ1) is 13.1. The molecule has 1 aliphatic rings. The summed E-state index contributed by atoms with van der Waals surface area (Å²) in [6.07, 6.45) is 0.781. The van der Waals surface area contributed by atoms with Crippen LogP contribution in [0.25, 0.3) is 10.2 Å². The van der Waals surface area contributed by atoms with Crippen LogP contribution in [0.5, 0.6) is 5.75 Å². The first-order valence-corrected chi connectivity index (χ1v) is 9.66. The van der Waals surface area contributed by atoms with Crippen LogP contribution in [0, 0.1) is 11.7 Å². The van der Waals surface area contributed by atoms with E-state index in [2.05, 4.69) is 10.3 Å². The Balaban J connectivity index is 1.26. The maximum absolute atomic E-state index is 13.8. The summed E-state index contributed by atoms with van der Waals surface area (Å²) in [5, 5.41) is 3.77. The molecule has 1 saturated heterocycles. The maximum atomic E-state index is 13.8. The van der Waals surface area contributed by atoms with E-state index in [1.54, 1.807) is 13.2 Å². The lowest BCUT2D eigenvalue weighted by Gasteiger charge is -2.37. The zero-order chi connectivity index (χ0) is 18.8. The number of anilines is 1. The summed E-state index contributed by atoms with van der Waals surface area (Å²) in [6.45, 7) is 1.85. The van der Waals surface area contributed by atoms with Gasteiger partial charge in [0.2, 0.25) is 5.91 Å². The van der Waals surface area contributed by atoms with Gasteiger partial charge in [0.05, 0.1) is 17.7 Å². The third-order valence-electron chi connectivity index (χ3n) is 4.75. The molecule has 2 heterocycles. The predicted molar refractivity (Wildman–Crippen MR) is 105 cm³/mol. The highest BCUT2D eigenvalue weighted by molar-refractivity contribution is 7.22. The van der Waals surface area contributed by atoms with E-state index >= 15 is 0 Å². The molecule has 0 atom stereocenters. The number of hydrogen-bond acceptors (Lipinski definition) is 5. The van der Waals surface area contributed by atoms with Crippen molar-refractivity contribution in [3.63, 3.8) is 0 Å². The largest absolute Gasteiger partial charge is 0.497 e. The number of halogens is 1. The second-order valence-corrected chi connectivity index (χ2v) is 7.58. The molecule has 1 aromatic heterocycles. The fraction of sp³-hybridized carbons (Fsp3) is 0.300. The minimum Gasteiger partial charge on any atom is -0.497 e. The monoisotopic (exact) mass is 385 g/mol. The number of nitrogens with zero attached hydrogens (tertiary/aromatic N) is 2. The molecular formula is C20H20FN3O2S. The lowest BCUT2D eigenvalue weighted by Crippen LogP contribution is -2.54. The summed E-state index contributed by atoms with van der Waals surface area (Å²) in [5.41, 5.74) is 1.56. The molecule has 1 amide bonds. The Hall–Kier alpha value is -2.67. The van der Waals surface area contributed by atoms with E-state index < -0.39 is 0 Å².